The lowest BCUT2D eigenvalue weighted by atomic mass is 10.0. The van der Waals surface area contributed by atoms with Gasteiger partial charge in [-0.1, -0.05) is 28.0 Å². The Balaban J connectivity index is 1.40. The minimum Gasteiger partial charge on any atom is -0.356 e. The van der Waals surface area contributed by atoms with E-state index in [4.69, 9.17) is 0 Å². The number of amides is 1. The van der Waals surface area contributed by atoms with Gasteiger partial charge < -0.3 is 10.2 Å². The van der Waals surface area contributed by atoms with E-state index in [-0.39, 0.29) is 17.8 Å². The average Bonchev–Trinajstić information content (AvgIpc) is 3.18. The van der Waals surface area contributed by atoms with Gasteiger partial charge in [-0.25, -0.2) is 9.97 Å². The molecule has 1 atom stereocenters. The highest BCUT2D eigenvalue weighted by Gasteiger charge is 2.34. The Kier molecular flexibility index (Phi) is 7.95. The molecule has 2 aliphatic heterocycles. The van der Waals surface area contributed by atoms with E-state index in [1.807, 2.05) is 26.5 Å². The molecule has 0 spiro atoms. The summed E-state index contributed by atoms with van der Waals surface area (Å²) in [6.07, 6.45) is 1.91. The van der Waals surface area contributed by atoms with Crippen LogP contribution in [0.3, 0.4) is 0 Å². The van der Waals surface area contributed by atoms with E-state index in [0.717, 1.165) is 24.2 Å². The second kappa shape index (κ2) is 10.2. The molecule has 1 amide bonds. The first-order valence-corrected chi connectivity index (χ1v) is 12.4. The van der Waals surface area contributed by atoms with E-state index in [9.17, 15) is 18.0 Å². The summed E-state index contributed by atoms with van der Waals surface area (Å²) in [5, 5.41) is 3.82. The van der Waals surface area contributed by atoms with Crippen molar-refractivity contribution in [2.75, 3.05) is 23.7 Å². The molecule has 3 heterocycles. The summed E-state index contributed by atoms with van der Waals surface area (Å²) in [6, 6.07) is 1.08. The molecule has 2 fully saturated rings. The largest absolute Gasteiger partial charge is 0.433 e. The van der Waals surface area contributed by atoms with Gasteiger partial charge in [0.1, 0.15) is 17.3 Å². The highest BCUT2D eigenvalue weighted by Crippen LogP contribution is 2.39. The molecule has 2 aliphatic rings. The van der Waals surface area contributed by atoms with Crippen molar-refractivity contribution in [1.82, 2.24) is 15.3 Å². The number of carbonyl (C=O) groups excluding carboxylic acids is 1. The number of carbonyl (C=O) groups is 1. The average molecular weight is 449 g/mol. The van der Waals surface area contributed by atoms with Gasteiger partial charge in [0, 0.05) is 42.6 Å². The van der Waals surface area contributed by atoms with Gasteiger partial charge in [-0.2, -0.15) is 13.2 Å². The molecule has 5 nitrogen and oxygen atoms in total. The van der Waals surface area contributed by atoms with Crippen molar-refractivity contribution in [3.05, 3.63) is 17.6 Å². The first kappa shape index (κ1) is 22.5. The summed E-state index contributed by atoms with van der Waals surface area (Å²) in [6.45, 7) is 2.60. The smallest absolute Gasteiger partial charge is 0.356 e. The van der Waals surface area contributed by atoms with E-state index >= 15 is 0 Å². The number of nitrogens with zero attached hydrogens (tertiary/aromatic N) is 3. The third-order valence-corrected chi connectivity index (χ3v) is 8.21. The number of hydrogen-bond donors (Lipinski definition) is 1. The van der Waals surface area contributed by atoms with Crippen molar-refractivity contribution in [3.8, 4) is 0 Å². The van der Waals surface area contributed by atoms with Crippen molar-refractivity contribution in [2.24, 2.45) is 0 Å². The second-order valence-corrected chi connectivity index (χ2v) is 10.3. The highest BCUT2D eigenvalue weighted by molar-refractivity contribution is 8.77. The molecule has 1 unspecified atom stereocenters. The van der Waals surface area contributed by atoms with Crippen LogP contribution in [0.5, 0.6) is 0 Å². The summed E-state index contributed by atoms with van der Waals surface area (Å²) in [5.41, 5.74) is -0.912. The van der Waals surface area contributed by atoms with E-state index in [1.54, 1.807) is 0 Å². The summed E-state index contributed by atoms with van der Waals surface area (Å²) >= 11 is 0. The van der Waals surface area contributed by atoms with Crippen LogP contribution in [0.4, 0.5) is 19.0 Å². The lowest BCUT2D eigenvalue weighted by molar-refractivity contribution is -0.141. The van der Waals surface area contributed by atoms with Gasteiger partial charge in [0.05, 0.1) is 0 Å². The Hall–Kier alpha value is -1.16. The van der Waals surface area contributed by atoms with E-state index in [2.05, 4.69) is 15.3 Å². The van der Waals surface area contributed by atoms with E-state index < -0.39 is 11.9 Å². The number of hydrogen-bond acceptors (Lipinski definition) is 6. The highest BCUT2D eigenvalue weighted by atomic mass is 33.1. The number of halogens is 3. The Morgan fingerprint density at radius 3 is 2.66 bits per heavy atom. The van der Waals surface area contributed by atoms with Crippen LogP contribution < -0.4 is 10.2 Å². The van der Waals surface area contributed by atoms with Crippen LogP contribution in [0.1, 0.15) is 56.5 Å². The number of alkyl halides is 3. The maximum absolute atomic E-state index is 13.0. The monoisotopic (exact) mass is 448 g/mol. The zero-order valence-electron chi connectivity index (χ0n) is 16.5. The Labute approximate surface area is 177 Å². The molecule has 0 bridgehead atoms. The number of anilines is 1. The first-order chi connectivity index (χ1) is 13.8. The van der Waals surface area contributed by atoms with Crippen LogP contribution in [-0.2, 0) is 11.0 Å². The van der Waals surface area contributed by atoms with Crippen molar-refractivity contribution in [1.29, 1.82) is 0 Å². The number of rotatable bonds is 7. The van der Waals surface area contributed by atoms with Gasteiger partial charge in [0.15, 0.2) is 0 Å². The van der Waals surface area contributed by atoms with Gasteiger partial charge in [-0.05, 0) is 39.0 Å². The summed E-state index contributed by atoms with van der Waals surface area (Å²) in [5.74, 6) is 1.73. The molecular weight excluding hydrogens is 421 g/mol. The van der Waals surface area contributed by atoms with Crippen LogP contribution in [0.15, 0.2) is 6.07 Å². The van der Waals surface area contributed by atoms with Crippen LogP contribution in [-0.4, -0.2) is 46.0 Å². The zero-order valence-corrected chi connectivity index (χ0v) is 18.1. The maximum Gasteiger partial charge on any atom is 0.433 e. The molecule has 0 aliphatic carbocycles. The topological polar surface area (TPSA) is 58.1 Å². The molecule has 1 N–H and O–H groups in total. The van der Waals surface area contributed by atoms with Gasteiger partial charge in [-0.3, -0.25) is 4.79 Å². The Morgan fingerprint density at radius 2 is 2.00 bits per heavy atom. The molecule has 162 valence electrons. The van der Waals surface area contributed by atoms with Gasteiger partial charge >= 0.3 is 6.18 Å². The predicted octanol–water partition coefficient (Wildman–Crippen LogP) is 4.60. The molecule has 29 heavy (non-hydrogen) atoms. The lowest BCUT2D eigenvalue weighted by Crippen LogP contribution is -2.45. The van der Waals surface area contributed by atoms with Gasteiger partial charge in [0.2, 0.25) is 5.91 Å². The molecule has 10 heteroatoms. The second-order valence-electron chi connectivity index (χ2n) is 7.56. The van der Waals surface area contributed by atoms with Crippen molar-refractivity contribution >= 4 is 33.3 Å². The molecule has 3 rings (SSSR count). The third kappa shape index (κ3) is 6.94. The number of nitrogens with one attached hydrogen (secondary N) is 1. The molecule has 0 aromatic carbocycles. The molecule has 0 radical (unpaired) electrons. The fourth-order valence-corrected chi connectivity index (χ4v) is 6.66. The van der Waals surface area contributed by atoms with Crippen LogP contribution in [0, 0.1) is 6.92 Å². The minimum atomic E-state index is -4.48. The number of aromatic nitrogens is 2. The maximum atomic E-state index is 13.0. The zero-order chi connectivity index (χ0) is 20.9. The number of aryl methyl sites for hydroxylation is 1. The van der Waals surface area contributed by atoms with Crippen LogP contribution in [0.25, 0.3) is 0 Å². The molecule has 0 saturated carbocycles. The molecule has 2 saturated heterocycles. The Bertz CT molecular complexity index is 691. The molecular formula is C19H27F3N4OS2. The molecule has 1 aromatic heterocycles. The Morgan fingerprint density at radius 1 is 1.24 bits per heavy atom. The van der Waals surface area contributed by atoms with Crippen molar-refractivity contribution in [3.63, 3.8) is 0 Å². The van der Waals surface area contributed by atoms with Gasteiger partial charge in [-0.15, -0.1) is 0 Å². The third-order valence-electron chi connectivity index (χ3n) is 5.21. The fraction of sp³-hybridized carbons (Fsp3) is 0.737. The van der Waals surface area contributed by atoms with Crippen molar-refractivity contribution in [2.45, 2.75) is 69.3 Å². The predicted molar refractivity (Wildman–Crippen MR) is 112 cm³/mol. The number of piperidine rings is 1. The minimum absolute atomic E-state index is 0.0746. The normalized spacial score (nSPS) is 20.8. The SMILES string of the molecule is Cc1nc(N2CCC(NC(=O)CCCCC3CCSS3)CC2)cc(C(F)(F)F)n1. The standard InChI is InChI=1S/C19H27F3N4OS2/c1-13-23-16(19(20,21)22)12-17(24-13)26-9-6-14(7-10-26)25-18(27)5-3-2-4-15-8-11-28-29-15/h12,14-15H,2-11H2,1H3,(H,25,27). The quantitative estimate of drug-likeness (QED) is 0.486. The fourth-order valence-electron chi connectivity index (χ4n) is 3.63. The molecule has 1 aromatic rings. The van der Waals surface area contributed by atoms with Crippen molar-refractivity contribution < 1.29 is 18.0 Å². The lowest BCUT2D eigenvalue weighted by Gasteiger charge is -2.33. The summed E-state index contributed by atoms with van der Waals surface area (Å²) < 4.78 is 38.9. The van der Waals surface area contributed by atoms with Crippen LogP contribution >= 0.6 is 21.6 Å². The van der Waals surface area contributed by atoms with E-state index in [1.165, 1.54) is 25.5 Å². The summed E-state index contributed by atoms with van der Waals surface area (Å²) in [7, 11) is 3.91. The van der Waals surface area contributed by atoms with E-state index in [0.29, 0.717) is 38.2 Å². The summed E-state index contributed by atoms with van der Waals surface area (Å²) in [4.78, 5) is 21.7. The number of unbranched alkanes of at least 4 members (excludes halogenated alkanes) is 1. The first-order valence-electron chi connectivity index (χ1n) is 10.1. The van der Waals surface area contributed by atoms with Crippen LogP contribution in [0.2, 0.25) is 0 Å². The van der Waals surface area contributed by atoms with Gasteiger partial charge in [0.25, 0.3) is 0 Å².